The molecule has 1 aromatic carbocycles. The summed E-state index contributed by atoms with van der Waals surface area (Å²) in [4.78, 5) is 18.2. The molecule has 1 fully saturated rings. The molecule has 1 aliphatic heterocycles. The van der Waals surface area contributed by atoms with Crippen LogP contribution in [-0.4, -0.2) is 64.3 Å². The van der Waals surface area contributed by atoms with Crippen LogP contribution in [0.2, 0.25) is 0 Å². The summed E-state index contributed by atoms with van der Waals surface area (Å²) in [5.74, 6) is 3.19. The second-order valence-corrected chi connectivity index (χ2v) is 10.3. The zero-order valence-corrected chi connectivity index (χ0v) is 20.7. The number of hydrogen-bond donors (Lipinski definition) is 2. The summed E-state index contributed by atoms with van der Waals surface area (Å²) in [6.07, 6.45) is 5.94. The molecule has 7 heteroatoms. The standard InChI is InChI=1S/C26H38N2O4S/c1-3-15-33-16-14-28-13-11-19(20(18-28)5-9-26(30)31)4-8-25(29)22-10-12-27-24-7-6-21(32-2)17-23(22)24/h6-7,10,12,17,19-20,25,29H,3-5,8-9,11,13-16,18H2,1-2H3,(H,30,31)/t19-,20-,25-/m1/s1. The number of fused-ring (bicyclic) bond motifs is 1. The maximum atomic E-state index is 11.2. The van der Waals surface area contributed by atoms with Gasteiger partial charge >= 0.3 is 5.97 Å². The molecule has 2 heterocycles. The van der Waals surface area contributed by atoms with E-state index < -0.39 is 12.1 Å². The van der Waals surface area contributed by atoms with Crippen molar-refractivity contribution >= 4 is 28.6 Å². The Labute approximate surface area is 201 Å². The highest BCUT2D eigenvalue weighted by Crippen LogP contribution is 2.35. The molecule has 1 aromatic heterocycles. The fourth-order valence-electron chi connectivity index (χ4n) is 4.91. The van der Waals surface area contributed by atoms with Crippen molar-refractivity contribution in [3.63, 3.8) is 0 Å². The molecular formula is C26H38N2O4S. The number of carboxylic acids is 1. The van der Waals surface area contributed by atoms with Gasteiger partial charge in [-0.05, 0) is 86.1 Å². The largest absolute Gasteiger partial charge is 0.497 e. The number of benzene rings is 1. The van der Waals surface area contributed by atoms with E-state index in [9.17, 15) is 15.0 Å². The predicted molar refractivity (Wildman–Crippen MR) is 135 cm³/mol. The van der Waals surface area contributed by atoms with Gasteiger partial charge in [0.2, 0.25) is 0 Å². The normalized spacial score (nSPS) is 20.1. The maximum absolute atomic E-state index is 11.2. The lowest BCUT2D eigenvalue weighted by Crippen LogP contribution is -2.41. The molecule has 33 heavy (non-hydrogen) atoms. The van der Waals surface area contributed by atoms with Gasteiger partial charge in [0.15, 0.2) is 0 Å². The molecule has 0 bridgehead atoms. The number of likely N-dealkylation sites (tertiary alicyclic amines) is 1. The van der Waals surface area contributed by atoms with E-state index in [0.717, 1.165) is 60.4 Å². The van der Waals surface area contributed by atoms with Gasteiger partial charge in [-0.1, -0.05) is 6.92 Å². The van der Waals surface area contributed by atoms with Crippen LogP contribution in [0.5, 0.6) is 5.75 Å². The van der Waals surface area contributed by atoms with Crippen LogP contribution in [0.4, 0.5) is 0 Å². The van der Waals surface area contributed by atoms with Gasteiger partial charge in [-0.2, -0.15) is 11.8 Å². The minimum absolute atomic E-state index is 0.219. The second kappa shape index (κ2) is 13.2. The van der Waals surface area contributed by atoms with Gasteiger partial charge in [0, 0.05) is 36.8 Å². The number of methoxy groups -OCH3 is 1. The first-order chi connectivity index (χ1) is 16.0. The van der Waals surface area contributed by atoms with E-state index in [2.05, 4.69) is 16.8 Å². The molecule has 1 saturated heterocycles. The van der Waals surface area contributed by atoms with Crippen LogP contribution >= 0.6 is 11.8 Å². The first kappa shape index (κ1) is 25.8. The molecule has 182 valence electrons. The smallest absolute Gasteiger partial charge is 0.303 e. The number of hydrogen-bond acceptors (Lipinski definition) is 6. The Balaban J connectivity index is 1.62. The van der Waals surface area contributed by atoms with Gasteiger partial charge < -0.3 is 19.8 Å². The minimum atomic E-state index is -0.721. The molecule has 0 radical (unpaired) electrons. The number of carboxylic acid groups (broad SMARTS) is 1. The quantitative estimate of drug-likeness (QED) is 0.395. The van der Waals surface area contributed by atoms with Crippen molar-refractivity contribution in [3.05, 3.63) is 36.0 Å². The molecule has 0 spiro atoms. The number of rotatable bonds is 13. The summed E-state index contributed by atoms with van der Waals surface area (Å²) in [7, 11) is 1.64. The number of aliphatic hydroxyl groups excluding tert-OH is 1. The van der Waals surface area contributed by atoms with Gasteiger partial charge in [0.25, 0.3) is 0 Å². The molecule has 0 saturated carbocycles. The highest BCUT2D eigenvalue weighted by molar-refractivity contribution is 7.99. The van der Waals surface area contributed by atoms with Crippen molar-refractivity contribution in [3.8, 4) is 5.75 Å². The summed E-state index contributed by atoms with van der Waals surface area (Å²) in [5, 5.41) is 21.2. The van der Waals surface area contributed by atoms with Crippen molar-refractivity contribution in [2.45, 2.75) is 51.6 Å². The summed E-state index contributed by atoms with van der Waals surface area (Å²) >= 11 is 2.00. The van der Waals surface area contributed by atoms with Crippen LogP contribution in [0.3, 0.4) is 0 Å². The van der Waals surface area contributed by atoms with Gasteiger partial charge in [-0.3, -0.25) is 9.78 Å². The zero-order valence-electron chi connectivity index (χ0n) is 19.9. The topological polar surface area (TPSA) is 82.9 Å². The molecular weight excluding hydrogens is 436 g/mol. The zero-order chi connectivity index (χ0) is 23.6. The van der Waals surface area contributed by atoms with Crippen molar-refractivity contribution in [2.75, 3.05) is 38.2 Å². The fraction of sp³-hybridized carbons (Fsp3) is 0.615. The Morgan fingerprint density at radius 2 is 2.12 bits per heavy atom. The number of aliphatic hydroxyl groups is 1. The molecule has 0 amide bonds. The molecule has 3 atom stereocenters. The first-order valence-electron chi connectivity index (χ1n) is 12.1. The summed E-state index contributed by atoms with van der Waals surface area (Å²) < 4.78 is 5.36. The van der Waals surface area contributed by atoms with Crippen LogP contribution in [0, 0.1) is 11.8 Å². The lowest BCUT2D eigenvalue weighted by Gasteiger charge is -2.39. The fourth-order valence-corrected chi connectivity index (χ4v) is 5.79. The van der Waals surface area contributed by atoms with Crippen molar-refractivity contribution in [1.29, 1.82) is 0 Å². The highest BCUT2D eigenvalue weighted by Gasteiger charge is 2.30. The third-order valence-corrected chi connectivity index (χ3v) is 7.93. The van der Waals surface area contributed by atoms with Crippen LogP contribution in [-0.2, 0) is 4.79 Å². The predicted octanol–water partition coefficient (Wildman–Crippen LogP) is 5.00. The first-order valence-corrected chi connectivity index (χ1v) is 13.3. The van der Waals surface area contributed by atoms with Crippen molar-refractivity contribution < 1.29 is 19.7 Å². The number of carbonyl (C=O) groups is 1. The van der Waals surface area contributed by atoms with Crippen molar-refractivity contribution in [1.82, 2.24) is 9.88 Å². The number of nitrogens with zero attached hydrogens (tertiary/aromatic N) is 2. The molecule has 1 aliphatic rings. The number of ether oxygens (including phenoxy) is 1. The Bertz CT molecular complexity index is 894. The third kappa shape index (κ3) is 7.59. The Hall–Kier alpha value is -1.83. The van der Waals surface area contributed by atoms with Gasteiger partial charge in [0.05, 0.1) is 18.7 Å². The minimum Gasteiger partial charge on any atom is -0.497 e. The average Bonchev–Trinajstić information content (AvgIpc) is 2.83. The van der Waals surface area contributed by atoms with Crippen molar-refractivity contribution in [2.24, 2.45) is 11.8 Å². The number of thioether (sulfide) groups is 1. The monoisotopic (exact) mass is 474 g/mol. The van der Waals surface area contributed by atoms with Gasteiger partial charge in [0.1, 0.15) is 5.75 Å². The van der Waals surface area contributed by atoms with Crippen LogP contribution in [0.25, 0.3) is 10.9 Å². The van der Waals surface area contributed by atoms with E-state index >= 15 is 0 Å². The SMILES string of the molecule is CCCSCCN1CC[C@@H](CC[C@@H](O)c2ccnc3ccc(OC)cc23)[C@H](CCC(=O)O)C1. The van der Waals surface area contributed by atoms with Crippen LogP contribution in [0.15, 0.2) is 30.5 Å². The molecule has 3 rings (SSSR count). The van der Waals surface area contributed by atoms with Crippen LogP contribution < -0.4 is 4.74 Å². The summed E-state index contributed by atoms with van der Waals surface area (Å²) in [5.41, 5.74) is 1.73. The van der Waals surface area contributed by atoms with E-state index in [4.69, 9.17) is 4.74 Å². The number of aliphatic carboxylic acids is 1. The van der Waals surface area contributed by atoms with Crippen LogP contribution in [0.1, 0.15) is 57.1 Å². The molecule has 2 N–H and O–H groups in total. The molecule has 0 unspecified atom stereocenters. The molecule has 6 nitrogen and oxygen atoms in total. The molecule has 0 aliphatic carbocycles. The highest BCUT2D eigenvalue weighted by atomic mass is 32.2. The average molecular weight is 475 g/mol. The van der Waals surface area contributed by atoms with E-state index in [1.165, 1.54) is 12.2 Å². The Morgan fingerprint density at radius 3 is 2.88 bits per heavy atom. The van der Waals surface area contributed by atoms with E-state index in [1.807, 2.05) is 36.0 Å². The lowest BCUT2D eigenvalue weighted by atomic mass is 9.79. The van der Waals surface area contributed by atoms with E-state index in [1.54, 1.807) is 13.3 Å². The summed E-state index contributed by atoms with van der Waals surface area (Å²) in [6.45, 7) is 5.32. The van der Waals surface area contributed by atoms with Gasteiger partial charge in [-0.25, -0.2) is 0 Å². The Kier molecular flexibility index (Phi) is 10.3. The van der Waals surface area contributed by atoms with E-state index in [0.29, 0.717) is 24.7 Å². The second-order valence-electron chi connectivity index (χ2n) is 9.03. The molecule has 2 aromatic rings. The van der Waals surface area contributed by atoms with E-state index in [-0.39, 0.29) is 6.42 Å². The third-order valence-electron chi connectivity index (χ3n) is 6.76. The summed E-state index contributed by atoms with van der Waals surface area (Å²) in [6, 6.07) is 7.63. The number of aromatic nitrogens is 1. The Morgan fingerprint density at radius 1 is 1.27 bits per heavy atom. The van der Waals surface area contributed by atoms with Gasteiger partial charge in [-0.15, -0.1) is 0 Å². The number of pyridine rings is 1. The lowest BCUT2D eigenvalue weighted by molar-refractivity contribution is -0.137. The maximum Gasteiger partial charge on any atom is 0.303 e. The number of piperidine rings is 1.